The van der Waals surface area contributed by atoms with Crippen molar-refractivity contribution in [1.29, 1.82) is 0 Å². The van der Waals surface area contributed by atoms with Gasteiger partial charge < -0.3 is 18.6 Å². The van der Waals surface area contributed by atoms with E-state index < -0.39 is 14.1 Å². The molecule has 2 heterocycles. The topological polar surface area (TPSA) is 36.9 Å². The fraction of sp³-hybridized carbons (Fsp3) is 0.500. The van der Waals surface area contributed by atoms with Gasteiger partial charge in [-0.05, 0) is 42.1 Å². The van der Waals surface area contributed by atoms with Crippen LogP contribution in [0.5, 0.6) is 0 Å². The quantitative estimate of drug-likeness (QED) is 0.333. The summed E-state index contributed by atoms with van der Waals surface area (Å²) < 4.78 is 25.0. The predicted octanol–water partition coefficient (Wildman–Crippen LogP) is 4.82. The van der Waals surface area contributed by atoms with Crippen molar-refractivity contribution in [2.24, 2.45) is 0 Å². The highest BCUT2D eigenvalue weighted by atomic mass is 28.4. The van der Waals surface area contributed by atoms with Crippen molar-refractivity contribution in [2.75, 3.05) is 13.2 Å². The molecule has 2 aliphatic heterocycles. The van der Waals surface area contributed by atoms with Crippen LogP contribution in [-0.2, 0) is 18.6 Å². The van der Waals surface area contributed by atoms with Gasteiger partial charge in [-0.15, -0.1) is 0 Å². The Hall–Kier alpha value is -1.76. The summed E-state index contributed by atoms with van der Waals surface area (Å²) in [5.41, 5.74) is 0. The lowest BCUT2D eigenvalue weighted by Gasteiger charge is -2.43. The van der Waals surface area contributed by atoms with Gasteiger partial charge in [0, 0.05) is 6.61 Å². The standard InChI is InChI=1S/C28H38O4Si/c1-27(2,3)33(23-14-8-6-9-15-23,24-16-10-7-11-17-24)30-20-12-13-22-18-19-25-26(31-22)21-29-28(4,5)32-25/h6-11,14-19,22,25-26H,12-13,20-21H2,1-5H3/t22-,25+,26-/m1/s1. The van der Waals surface area contributed by atoms with Crippen molar-refractivity contribution in [3.8, 4) is 0 Å². The summed E-state index contributed by atoms with van der Waals surface area (Å²) in [5, 5.41) is 2.63. The summed E-state index contributed by atoms with van der Waals surface area (Å²) in [7, 11) is -2.48. The van der Waals surface area contributed by atoms with E-state index in [1.54, 1.807) is 0 Å². The molecule has 4 rings (SSSR count). The molecule has 0 aliphatic carbocycles. The van der Waals surface area contributed by atoms with Gasteiger partial charge in [-0.2, -0.15) is 0 Å². The van der Waals surface area contributed by atoms with Crippen LogP contribution in [0.4, 0.5) is 0 Å². The van der Waals surface area contributed by atoms with Gasteiger partial charge in [-0.25, -0.2) is 0 Å². The average Bonchev–Trinajstić information content (AvgIpc) is 2.79. The van der Waals surface area contributed by atoms with Crippen molar-refractivity contribution in [2.45, 2.75) is 76.6 Å². The Kier molecular flexibility index (Phi) is 7.27. The molecule has 2 aromatic rings. The fourth-order valence-electron chi connectivity index (χ4n) is 5.03. The lowest BCUT2D eigenvalue weighted by atomic mass is 10.0. The summed E-state index contributed by atoms with van der Waals surface area (Å²) in [6.45, 7) is 12.1. The monoisotopic (exact) mass is 466 g/mol. The van der Waals surface area contributed by atoms with E-state index in [0.717, 1.165) is 12.8 Å². The molecule has 0 bridgehead atoms. The molecule has 178 valence electrons. The highest BCUT2D eigenvalue weighted by molar-refractivity contribution is 6.99. The number of ether oxygens (including phenoxy) is 3. The molecule has 3 atom stereocenters. The van der Waals surface area contributed by atoms with Crippen molar-refractivity contribution < 1.29 is 18.6 Å². The zero-order valence-corrected chi connectivity index (χ0v) is 21.6. The van der Waals surface area contributed by atoms with Crippen LogP contribution in [0.25, 0.3) is 0 Å². The lowest BCUT2D eigenvalue weighted by molar-refractivity contribution is -0.305. The summed E-state index contributed by atoms with van der Waals surface area (Å²) in [5.74, 6) is -0.550. The largest absolute Gasteiger partial charge is 0.407 e. The van der Waals surface area contributed by atoms with Crippen LogP contribution in [0, 0.1) is 0 Å². The molecular weight excluding hydrogens is 428 g/mol. The van der Waals surface area contributed by atoms with Crippen LogP contribution in [0.1, 0.15) is 47.5 Å². The van der Waals surface area contributed by atoms with E-state index >= 15 is 0 Å². The lowest BCUT2D eigenvalue weighted by Crippen LogP contribution is -2.66. The second-order valence-corrected chi connectivity index (χ2v) is 14.9. The molecular formula is C28H38O4Si. The minimum Gasteiger partial charge on any atom is -0.407 e. The highest BCUT2D eigenvalue weighted by Crippen LogP contribution is 2.37. The average molecular weight is 467 g/mol. The van der Waals surface area contributed by atoms with Crippen molar-refractivity contribution >= 4 is 18.7 Å². The molecule has 2 aliphatic rings. The molecule has 0 saturated carbocycles. The van der Waals surface area contributed by atoms with E-state index in [0.29, 0.717) is 13.2 Å². The summed E-state index contributed by atoms with van der Waals surface area (Å²) in [4.78, 5) is 0. The zero-order chi connectivity index (χ0) is 23.5. The highest BCUT2D eigenvalue weighted by Gasteiger charge is 2.50. The first-order chi connectivity index (χ1) is 15.7. The Morgan fingerprint density at radius 1 is 0.939 bits per heavy atom. The Morgan fingerprint density at radius 3 is 2.12 bits per heavy atom. The van der Waals surface area contributed by atoms with E-state index in [9.17, 15) is 0 Å². The van der Waals surface area contributed by atoms with E-state index in [1.165, 1.54) is 10.4 Å². The molecule has 2 aromatic carbocycles. The SMILES string of the molecule is CC1(C)OC[C@H]2O[C@H](CCCO[Si](c3ccccc3)(c3ccccc3)C(C)(C)C)C=C[C@@H]2O1. The van der Waals surface area contributed by atoms with E-state index in [2.05, 4.69) is 93.6 Å². The maximum atomic E-state index is 7.00. The molecule has 5 heteroatoms. The normalized spacial score (nSPS) is 24.9. The van der Waals surface area contributed by atoms with Crippen LogP contribution >= 0.6 is 0 Å². The first-order valence-electron chi connectivity index (χ1n) is 12.1. The van der Waals surface area contributed by atoms with Crippen molar-refractivity contribution in [3.05, 3.63) is 72.8 Å². The third-order valence-corrected chi connectivity index (χ3v) is 11.7. The Morgan fingerprint density at radius 2 is 1.55 bits per heavy atom. The summed E-state index contributed by atoms with van der Waals surface area (Å²) >= 11 is 0. The second-order valence-electron chi connectivity index (χ2n) is 10.5. The van der Waals surface area contributed by atoms with Gasteiger partial charge in [-0.3, -0.25) is 0 Å². The number of benzene rings is 2. The first kappa shape index (κ1) is 24.4. The summed E-state index contributed by atoms with van der Waals surface area (Å²) in [6.07, 6.45) is 6.15. The molecule has 0 unspecified atom stereocenters. The number of hydrogen-bond donors (Lipinski definition) is 0. The fourth-order valence-corrected chi connectivity index (χ4v) is 9.64. The minimum atomic E-state index is -2.48. The molecule has 33 heavy (non-hydrogen) atoms. The minimum absolute atomic E-state index is 0.00620. The molecule has 1 saturated heterocycles. The van der Waals surface area contributed by atoms with Crippen LogP contribution in [-0.4, -0.2) is 45.6 Å². The molecule has 4 nitrogen and oxygen atoms in total. The molecule has 0 amide bonds. The number of fused-ring (bicyclic) bond motifs is 1. The summed E-state index contributed by atoms with van der Waals surface area (Å²) in [6, 6.07) is 21.6. The Balaban J connectivity index is 1.45. The molecule has 0 spiro atoms. The maximum Gasteiger partial charge on any atom is 0.261 e. The number of rotatable bonds is 7. The van der Waals surface area contributed by atoms with Crippen LogP contribution in [0.2, 0.25) is 5.04 Å². The van der Waals surface area contributed by atoms with Gasteiger partial charge in [0.1, 0.15) is 12.2 Å². The molecule has 0 aromatic heterocycles. The van der Waals surface area contributed by atoms with E-state index in [-0.39, 0.29) is 23.4 Å². The maximum absolute atomic E-state index is 7.00. The van der Waals surface area contributed by atoms with Gasteiger partial charge in [0.2, 0.25) is 0 Å². The van der Waals surface area contributed by atoms with E-state index in [4.69, 9.17) is 18.6 Å². The Labute approximate surface area is 200 Å². The molecule has 0 N–H and O–H groups in total. The number of hydrogen-bond acceptors (Lipinski definition) is 4. The van der Waals surface area contributed by atoms with Crippen LogP contribution in [0.3, 0.4) is 0 Å². The third kappa shape index (κ3) is 5.33. The van der Waals surface area contributed by atoms with Gasteiger partial charge in [0.15, 0.2) is 5.79 Å². The van der Waals surface area contributed by atoms with E-state index in [1.807, 2.05) is 13.8 Å². The predicted molar refractivity (Wildman–Crippen MR) is 136 cm³/mol. The Bertz CT molecular complexity index is 880. The first-order valence-corrected chi connectivity index (χ1v) is 14.0. The third-order valence-electron chi connectivity index (χ3n) is 6.61. The second kappa shape index (κ2) is 9.85. The zero-order valence-electron chi connectivity index (χ0n) is 20.6. The van der Waals surface area contributed by atoms with Gasteiger partial charge in [0.25, 0.3) is 8.32 Å². The van der Waals surface area contributed by atoms with Crippen LogP contribution < -0.4 is 10.4 Å². The van der Waals surface area contributed by atoms with Gasteiger partial charge in [0.05, 0.1) is 12.7 Å². The molecule has 1 fully saturated rings. The van der Waals surface area contributed by atoms with Gasteiger partial charge >= 0.3 is 0 Å². The smallest absolute Gasteiger partial charge is 0.261 e. The molecule has 0 radical (unpaired) electrons. The van der Waals surface area contributed by atoms with Crippen molar-refractivity contribution in [3.63, 3.8) is 0 Å². The van der Waals surface area contributed by atoms with Gasteiger partial charge in [-0.1, -0.05) is 93.6 Å². The van der Waals surface area contributed by atoms with Crippen molar-refractivity contribution in [1.82, 2.24) is 0 Å². The van der Waals surface area contributed by atoms with Crippen LogP contribution in [0.15, 0.2) is 72.8 Å².